The lowest BCUT2D eigenvalue weighted by Crippen LogP contribution is -2.48. The van der Waals surface area contributed by atoms with E-state index in [1.54, 1.807) is 7.11 Å². The van der Waals surface area contributed by atoms with E-state index in [-0.39, 0.29) is 24.0 Å². The number of likely N-dealkylation sites (tertiary alicyclic amines) is 1. The second kappa shape index (κ2) is 11.9. The van der Waals surface area contributed by atoms with E-state index < -0.39 is 0 Å². The summed E-state index contributed by atoms with van der Waals surface area (Å²) in [5.41, 5.74) is 0. The molecule has 0 radical (unpaired) electrons. The smallest absolute Gasteiger partial charge is 0.191 e. The molecule has 1 aromatic rings. The summed E-state index contributed by atoms with van der Waals surface area (Å²) >= 11 is 0. The fourth-order valence-corrected chi connectivity index (χ4v) is 3.89. The Labute approximate surface area is 185 Å². The summed E-state index contributed by atoms with van der Waals surface area (Å²) in [5, 5.41) is 11.7. The molecule has 3 heterocycles. The predicted octanol–water partition coefficient (Wildman–Crippen LogP) is 1.30. The van der Waals surface area contributed by atoms with Crippen LogP contribution in [0.15, 0.2) is 4.99 Å². The predicted molar refractivity (Wildman–Crippen MR) is 122 cm³/mol. The number of piperidine rings is 1. The highest BCUT2D eigenvalue weighted by atomic mass is 127. The van der Waals surface area contributed by atoms with Crippen molar-refractivity contribution in [1.82, 2.24) is 30.3 Å². The molecule has 160 valence electrons. The number of ether oxygens (including phenoxy) is 1. The molecule has 2 aliphatic rings. The second-order valence-corrected chi connectivity index (χ2v) is 7.59. The normalized spacial score (nSPS) is 21.1. The van der Waals surface area contributed by atoms with E-state index in [0.29, 0.717) is 12.0 Å². The molecule has 1 atom stereocenters. The third kappa shape index (κ3) is 6.55. The van der Waals surface area contributed by atoms with Crippen LogP contribution in [0.2, 0.25) is 0 Å². The Hall–Kier alpha value is -0.940. The van der Waals surface area contributed by atoms with Gasteiger partial charge in [-0.2, -0.15) is 5.10 Å². The molecular formula is C19H36IN7O. The maximum atomic E-state index is 5.18. The number of rotatable bonds is 7. The Morgan fingerprint density at radius 2 is 2.07 bits per heavy atom. The molecule has 0 saturated carbocycles. The highest BCUT2D eigenvalue weighted by Gasteiger charge is 2.23. The van der Waals surface area contributed by atoms with Crippen LogP contribution in [0.3, 0.4) is 0 Å². The molecule has 0 aliphatic carbocycles. The van der Waals surface area contributed by atoms with Crippen LogP contribution in [0.1, 0.15) is 37.8 Å². The van der Waals surface area contributed by atoms with Gasteiger partial charge in [0.1, 0.15) is 5.82 Å². The molecule has 0 amide bonds. The van der Waals surface area contributed by atoms with Gasteiger partial charge in [-0.3, -0.25) is 4.99 Å². The van der Waals surface area contributed by atoms with Crippen LogP contribution >= 0.6 is 24.0 Å². The van der Waals surface area contributed by atoms with Crippen molar-refractivity contribution in [3.8, 4) is 0 Å². The van der Waals surface area contributed by atoms with Gasteiger partial charge in [0, 0.05) is 46.1 Å². The Kier molecular flexibility index (Phi) is 9.93. The number of aliphatic imine (C=N–C) groups is 1. The van der Waals surface area contributed by atoms with Crippen LogP contribution in [0.5, 0.6) is 0 Å². The van der Waals surface area contributed by atoms with Crippen molar-refractivity contribution in [2.24, 2.45) is 10.9 Å². The third-order valence-corrected chi connectivity index (χ3v) is 5.66. The lowest BCUT2D eigenvalue weighted by molar-refractivity contribution is 0.121. The molecule has 1 aromatic heterocycles. The molecule has 1 unspecified atom stereocenters. The SMILES string of the molecule is CCc1nc2n(n1)CC(NC(=NC)NCC1CCN(CCOC)CC1)CC2.I. The molecule has 1 saturated heterocycles. The summed E-state index contributed by atoms with van der Waals surface area (Å²) in [6, 6.07) is 0.353. The summed E-state index contributed by atoms with van der Waals surface area (Å²) in [6.45, 7) is 8.16. The monoisotopic (exact) mass is 505 g/mol. The highest BCUT2D eigenvalue weighted by Crippen LogP contribution is 2.16. The number of halogens is 1. The molecule has 8 nitrogen and oxygen atoms in total. The molecule has 9 heteroatoms. The topological polar surface area (TPSA) is 79.6 Å². The number of fused-ring (bicyclic) bond motifs is 1. The second-order valence-electron chi connectivity index (χ2n) is 7.59. The van der Waals surface area contributed by atoms with Crippen molar-refractivity contribution in [2.75, 3.05) is 46.9 Å². The molecule has 2 aliphatic heterocycles. The van der Waals surface area contributed by atoms with Gasteiger partial charge in [-0.15, -0.1) is 24.0 Å². The van der Waals surface area contributed by atoms with Crippen molar-refractivity contribution in [2.45, 2.75) is 51.6 Å². The van der Waals surface area contributed by atoms with Gasteiger partial charge in [-0.05, 0) is 38.3 Å². The lowest BCUT2D eigenvalue weighted by atomic mass is 9.97. The Morgan fingerprint density at radius 3 is 2.75 bits per heavy atom. The molecule has 2 N–H and O–H groups in total. The number of guanidine groups is 1. The first-order chi connectivity index (χ1) is 13.2. The minimum absolute atomic E-state index is 0. The first kappa shape index (κ1) is 23.3. The standard InChI is InChI=1S/C19H35N7O.HI/c1-4-17-23-18-6-5-16(14-26(18)24-17)22-19(20-2)21-13-15-7-9-25(10-8-15)11-12-27-3;/h15-16H,4-14H2,1-3H3,(H2,20,21,22);1H. The zero-order valence-electron chi connectivity index (χ0n) is 17.5. The first-order valence-electron chi connectivity index (χ1n) is 10.3. The van der Waals surface area contributed by atoms with Crippen molar-refractivity contribution in [1.29, 1.82) is 0 Å². The fourth-order valence-electron chi connectivity index (χ4n) is 3.89. The number of nitrogens with zero attached hydrogens (tertiary/aromatic N) is 5. The molecule has 0 bridgehead atoms. The van der Waals surface area contributed by atoms with E-state index in [1.807, 2.05) is 7.05 Å². The number of methoxy groups -OCH3 is 1. The summed E-state index contributed by atoms with van der Waals surface area (Å²) in [5.74, 6) is 3.68. The van der Waals surface area contributed by atoms with E-state index in [1.165, 1.54) is 25.9 Å². The van der Waals surface area contributed by atoms with Gasteiger partial charge in [0.05, 0.1) is 13.2 Å². The Balaban J connectivity index is 0.00000280. The largest absolute Gasteiger partial charge is 0.383 e. The minimum Gasteiger partial charge on any atom is -0.383 e. The zero-order valence-corrected chi connectivity index (χ0v) is 19.8. The van der Waals surface area contributed by atoms with Crippen LogP contribution in [0, 0.1) is 5.92 Å². The first-order valence-corrected chi connectivity index (χ1v) is 10.3. The highest BCUT2D eigenvalue weighted by molar-refractivity contribution is 14.0. The fraction of sp³-hybridized carbons (Fsp3) is 0.842. The minimum atomic E-state index is 0. The summed E-state index contributed by atoms with van der Waals surface area (Å²) in [4.78, 5) is 11.5. The summed E-state index contributed by atoms with van der Waals surface area (Å²) in [6.07, 6.45) is 5.41. The van der Waals surface area contributed by atoms with Crippen molar-refractivity contribution in [3.05, 3.63) is 11.6 Å². The molecule has 0 aromatic carbocycles. The van der Waals surface area contributed by atoms with Crippen molar-refractivity contribution in [3.63, 3.8) is 0 Å². The third-order valence-electron chi connectivity index (χ3n) is 5.66. The van der Waals surface area contributed by atoms with E-state index in [0.717, 1.165) is 63.1 Å². The number of aromatic nitrogens is 3. The van der Waals surface area contributed by atoms with Gasteiger partial charge in [0.25, 0.3) is 0 Å². The van der Waals surface area contributed by atoms with E-state index in [9.17, 15) is 0 Å². The van der Waals surface area contributed by atoms with Crippen LogP contribution in [-0.2, 0) is 24.1 Å². The molecule has 1 fully saturated rings. The molecule has 3 rings (SSSR count). The van der Waals surface area contributed by atoms with Crippen LogP contribution in [0.25, 0.3) is 0 Å². The van der Waals surface area contributed by atoms with Crippen molar-refractivity contribution < 1.29 is 4.74 Å². The maximum absolute atomic E-state index is 5.18. The van der Waals surface area contributed by atoms with Crippen LogP contribution in [-0.4, -0.2) is 78.6 Å². The van der Waals surface area contributed by atoms with Gasteiger partial charge in [0.2, 0.25) is 0 Å². The van der Waals surface area contributed by atoms with E-state index in [4.69, 9.17) is 4.74 Å². The van der Waals surface area contributed by atoms with E-state index >= 15 is 0 Å². The van der Waals surface area contributed by atoms with Crippen molar-refractivity contribution >= 4 is 29.9 Å². The quantitative estimate of drug-likeness (QED) is 0.331. The van der Waals surface area contributed by atoms with Gasteiger partial charge >= 0.3 is 0 Å². The van der Waals surface area contributed by atoms with Crippen LogP contribution < -0.4 is 10.6 Å². The molecule has 28 heavy (non-hydrogen) atoms. The summed E-state index contributed by atoms with van der Waals surface area (Å²) in [7, 11) is 3.62. The maximum Gasteiger partial charge on any atom is 0.191 e. The van der Waals surface area contributed by atoms with Gasteiger partial charge in [-0.1, -0.05) is 6.92 Å². The number of hydrogen-bond donors (Lipinski definition) is 2. The summed E-state index contributed by atoms with van der Waals surface area (Å²) < 4.78 is 7.24. The zero-order chi connectivity index (χ0) is 19.1. The van der Waals surface area contributed by atoms with Gasteiger partial charge in [0.15, 0.2) is 11.8 Å². The Bertz CT molecular complexity index is 613. The van der Waals surface area contributed by atoms with E-state index in [2.05, 4.69) is 42.2 Å². The van der Waals surface area contributed by atoms with Crippen LogP contribution in [0.4, 0.5) is 0 Å². The average molecular weight is 505 g/mol. The molecular weight excluding hydrogens is 469 g/mol. The molecule has 0 spiro atoms. The van der Waals surface area contributed by atoms with Gasteiger partial charge in [-0.25, -0.2) is 9.67 Å². The van der Waals surface area contributed by atoms with Gasteiger partial charge < -0.3 is 20.3 Å². The number of aryl methyl sites for hydroxylation is 2. The Morgan fingerprint density at radius 1 is 1.29 bits per heavy atom. The average Bonchev–Trinajstić information content (AvgIpc) is 3.12. The lowest BCUT2D eigenvalue weighted by Gasteiger charge is -2.32. The number of hydrogen-bond acceptors (Lipinski definition) is 5. The number of nitrogens with one attached hydrogen (secondary N) is 2.